The van der Waals surface area contributed by atoms with E-state index < -0.39 is 0 Å². The summed E-state index contributed by atoms with van der Waals surface area (Å²) < 4.78 is 12.3. The molecule has 1 saturated heterocycles. The molecule has 3 aromatic rings. The smallest absolute Gasteiger partial charge is 0.408 e. The Morgan fingerprint density at radius 2 is 1.88 bits per heavy atom. The molecule has 1 aliphatic heterocycles. The van der Waals surface area contributed by atoms with Crippen molar-refractivity contribution in [1.29, 1.82) is 0 Å². The van der Waals surface area contributed by atoms with E-state index >= 15 is 0 Å². The van der Waals surface area contributed by atoms with Crippen molar-refractivity contribution in [2.75, 3.05) is 37.6 Å². The maximum Gasteiger partial charge on any atom is 0.419 e. The number of aromatic nitrogens is 3. The third-order valence-electron chi connectivity index (χ3n) is 4.79. The van der Waals surface area contributed by atoms with Gasteiger partial charge in [0.2, 0.25) is 5.89 Å². The van der Waals surface area contributed by atoms with Gasteiger partial charge in [-0.3, -0.25) is 9.47 Å². The Balaban J connectivity index is 1.35. The summed E-state index contributed by atoms with van der Waals surface area (Å²) in [5.41, 5.74) is 1.49. The van der Waals surface area contributed by atoms with Gasteiger partial charge in [0.05, 0.1) is 5.52 Å². The first kappa shape index (κ1) is 16.8. The molecule has 0 saturated carbocycles. The maximum atomic E-state index is 12.0. The second-order valence-electron chi connectivity index (χ2n) is 6.90. The Morgan fingerprint density at radius 1 is 1.12 bits per heavy atom. The molecule has 2 aromatic heterocycles. The van der Waals surface area contributed by atoms with Crippen LogP contribution in [-0.2, 0) is 6.54 Å². The molecule has 8 heteroatoms. The van der Waals surface area contributed by atoms with Gasteiger partial charge in [-0.25, -0.2) is 4.79 Å². The van der Waals surface area contributed by atoms with E-state index in [0.717, 1.165) is 38.2 Å². The molecule has 0 bridgehead atoms. The average molecular weight is 357 g/mol. The zero-order valence-electron chi connectivity index (χ0n) is 15.1. The number of hydrogen-bond donors (Lipinski definition) is 0. The monoisotopic (exact) mass is 357 g/mol. The number of piperazine rings is 1. The van der Waals surface area contributed by atoms with Crippen LogP contribution in [0.15, 0.2) is 38.0 Å². The fourth-order valence-electron chi connectivity index (χ4n) is 3.23. The molecule has 26 heavy (non-hydrogen) atoms. The van der Waals surface area contributed by atoms with E-state index in [-0.39, 0.29) is 11.7 Å². The summed E-state index contributed by atoms with van der Waals surface area (Å²) in [4.78, 5) is 21.0. The fraction of sp³-hybridized carbons (Fsp3) is 0.500. The number of anilines is 1. The third-order valence-corrected chi connectivity index (χ3v) is 4.79. The van der Waals surface area contributed by atoms with Crippen LogP contribution in [0.2, 0.25) is 0 Å². The van der Waals surface area contributed by atoms with E-state index in [1.165, 1.54) is 0 Å². The van der Waals surface area contributed by atoms with E-state index in [1.807, 2.05) is 38.1 Å². The highest BCUT2D eigenvalue weighted by Gasteiger charge is 2.22. The van der Waals surface area contributed by atoms with Crippen LogP contribution in [0.4, 0.5) is 5.95 Å². The lowest BCUT2D eigenvalue weighted by molar-refractivity contribution is 0.244. The first-order chi connectivity index (χ1) is 12.6. The minimum atomic E-state index is -0.294. The molecule has 1 fully saturated rings. The normalized spacial score (nSPS) is 16.0. The van der Waals surface area contributed by atoms with Gasteiger partial charge in [-0.05, 0) is 17.3 Å². The molecule has 0 amide bonds. The van der Waals surface area contributed by atoms with E-state index in [4.69, 9.17) is 8.94 Å². The second-order valence-corrected chi connectivity index (χ2v) is 6.90. The number of oxazole rings is 1. The van der Waals surface area contributed by atoms with Gasteiger partial charge in [0, 0.05) is 45.2 Å². The van der Waals surface area contributed by atoms with Gasteiger partial charge in [-0.1, -0.05) is 26.0 Å². The zero-order valence-corrected chi connectivity index (χ0v) is 15.1. The Morgan fingerprint density at radius 3 is 2.62 bits per heavy atom. The maximum absolute atomic E-state index is 12.0. The van der Waals surface area contributed by atoms with Gasteiger partial charge in [0.25, 0.3) is 5.95 Å². The summed E-state index contributed by atoms with van der Waals surface area (Å²) in [7, 11) is 0. The summed E-state index contributed by atoms with van der Waals surface area (Å²) in [5, 5.41) is 4.08. The minimum Gasteiger partial charge on any atom is -0.408 e. The highest BCUT2D eigenvalue weighted by atomic mass is 16.5. The largest absolute Gasteiger partial charge is 0.419 e. The highest BCUT2D eigenvalue weighted by molar-refractivity contribution is 5.72. The molecule has 0 spiro atoms. The van der Waals surface area contributed by atoms with Gasteiger partial charge in [-0.15, -0.1) is 0 Å². The van der Waals surface area contributed by atoms with Crippen molar-refractivity contribution in [1.82, 2.24) is 19.6 Å². The van der Waals surface area contributed by atoms with Crippen LogP contribution in [0.5, 0.6) is 0 Å². The molecule has 0 atom stereocenters. The molecule has 138 valence electrons. The van der Waals surface area contributed by atoms with Gasteiger partial charge in [0.1, 0.15) is 0 Å². The first-order valence-corrected chi connectivity index (χ1v) is 9.01. The number of rotatable bonds is 5. The van der Waals surface area contributed by atoms with Crippen LogP contribution in [0.25, 0.3) is 11.1 Å². The Bertz CT molecular complexity index is 934. The lowest BCUT2D eigenvalue weighted by Gasteiger charge is -2.33. The SMILES string of the molecule is CC(C)c1nc(N2CCN(CCn3c(=O)oc4ccccc43)CC2)no1. The number of para-hydroxylation sites is 2. The predicted molar refractivity (Wildman–Crippen MR) is 97.5 cm³/mol. The van der Waals surface area contributed by atoms with Crippen molar-refractivity contribution in [3.8, 4) is 0 Å². The summed E-state index contributed by atoms with van der Waals surface area (Å²) in [5.74, 6) is 1.29. The van der Waals surface area contributed by atoms with Crippen molar-refractivity contribution in [3.63, 3.8) is 0 Å². The fourth-order valence-corrected chi connectivity index (χ4v) is 3.23. The molecule has 3 heterocycles. The predicted octanol–water partition coefficient (Wildman–Crippen LogP) is 1.92. The molecule has 1 aromatic carbocycles. The van der Waals surface area contributed by atoms with Crippen LogP contribution in [-0.4, -0.2) is 52.3 Å². The molecule has 4 rings (SSSR count). The molecule has 0 N–H and O–H groups in total. The van der Waals surface area contributed by atoms with Gasteiger partial charge < -0.3 is 13.8 Å². The van der Waals surface area contributed by atoms with E-state index in [2.05, 4.69) is 19.9 Å². The quantitative estimate of drug-likeness (QED) is 0.690. The van der Waals surface area contributed by atoms with Crippen LogP contribution < -0.4 is 10.7 Å². The summed E-state index contributed by atoms with van der Waals surface area (Å²) in [6.07, 6.45) is 0. The Labute approximate surface area is 151 Å². The number of nitrogens with zero attached hydrogens (tertiary/aromatic N) is 5. The molecule has 8 nitrogen and oxygen atoms in total. The molecule has 0 unspecified atom stereocenters. The second kappa shape index (κ2) is 6.95. The van der Waals surface area contributed by atoms with Gasteiger partial charge >= 0.3 is 5.76 Å². The summed E-state index contributed by atoms with van der Waals surface area (Å²) >= 11 is 0. The Hall–Kier alpha value is -2.61. The van der Waals surface area contributed by atoms with Crippen LogP contribution >= 0.6 is 0 Å². The molecule has 0 radical (unpaired) electrons. The van der Waals surface area contributed by atoms with E-state index in [9.17, 15) is 4.79 Å². The molecule has 0 aliphatic carbocycles. The van der Waals surface area contributed by atoms with E-state index in [0.29, 0.717) is 24.0 Å². The highest BCUT2D eigenvalue weighted by Crippen LogP contribution is 2.17. The third kappa shape index (κ3) is 3.24. The Kier molecular flexibility index (Phi) is 4.50. The van der Waals surface area contributed by atoms with Crippen molar-refractivity contribution >= 4 is 17.0 Å². The van der Waals surface area contributed by atoms with Crippen molar-refractivity contribution in [2.24, 2.45) is 0 Å². The van der Waals surface area contributed by atoms with Crippen molar-refractivity contribution in [3.05, 3.63) is 40.7 Å². The van der Waals surface area contributed by atoms with Crippen LogP contribution in [0, 0.1) is 0 Å². The van der Waals surface area contributed by atoms with Crippen LogP contribution in [0.3, 0.4) is 0 Å². The molecular formula is C18H23N5O3. The van der Waals surface area contributed by atoms with E-state index in [1.54, 1.807) is 4.57 Å². The lowest BCUT2D eigenvalue weighted by Crippen LogP contribution is -2.47. The first-order valence-electron chi connectivity index (χ1n) is 9.01. The number of benzene rings is 1. The van der Waals surface area contributed by atoms with Crippen LogP contribution in [0.1, 0.15) is 25.7 Å². The average Bonchev–Trinajstić information content (AvgIpc) is 3.25. The number of hydrogen-bond acceptors (Lipinski definition) is 7. The lowest BCUT2D eigenvalue weighted by atomic mass is 10.2. The summed E-state index contributed by atoms with van der Waals surface area (Å²) in [6, 6.07) is 7.53. The van der Waals surface area contributed by atoms with Crippen molar-refractivity contribution < 1.29 is 8.94 Å². The van der Waals surface area contributed by atoms with Gasteiger partial charge in [0.15, 0.2) is 5.58 Å². The standard InChI is InChI=1S/C18H23N5O3/c1-13(2)16-19-17(20-26-16)22-10-7-21(8-11-22)9-12-23-14-5-3-4-6-15(14)25-18(23)24/h3-6,13H,7-12H2,1-2H3. The van der Waals surface area contributed by atoms with Gasteiger partial charge in [-0.2, -0.15) is 4.98 Å². The topological polar surface area (TPSA) is 80.5 Å². The number of fused-ring (bicyclic) bond motifs is 1. The molecule has 1 aliphatic rings. The summed E-state index contributed by atoms with van der Waals surface area (Å²) in [6.45, 7) is 8.99. The van der Waals surface area contributed by atoms with Crippen molar-refractivity contribution in [2.45, 2.75) is 26.3 Å². The minimum absolute atomic E-state index is 0.237. The molecular weight excluding hydrogens is 334 g/mol. The zero-order chi connectivity index (χ0) is 18.1.